The lowest BCUT2D eigenvalue weighted by molar-refractivity contribution is 0.147. The maximum Gasteiger partial charge on any atom is 0.330 e. The molecule has 20 heavy (non-hydrogen) atoms. The number of anilines is 2. The Bertz CT molecular complexity index is 560. The molecular weight excluding hydrogens is 264 g/mol. The summed E-state index contributed by atoms with van der Waals surface area (Å²) in [6, 6.07) is 0. The van der Waals surface area contributed by atoms with Crippen LogP contribution < -0.4 is 22.3 Å². The summed E-state index contributed by atoms with van der Waals surface area (Å²) in [4.78, 5) is 25.7. The summed E-state index contributed by atoms with van der Waals surface area (Å²) in [5, 5.41) is 21.2. The molecule has 114 valence electrons. The molecule has 0 aliphatic heterocycles. The van der Waals surface area contributed by atoms with Crippen LogP contribution in [0, 0.1) is 0 Å². The topological polar surface area (TPSA) is 133 Å². The van der Waals surface area contributed by atoms with Gasteiger partial charge in [0, 0.05) is 6.54 Å². The third-order valence-electron chi connectivity index (χ3n) is 3.10. The van der Waals surface area contributed by atoms with E-state index < -0.39 is 30.0 Å². The fraction of sp³-hybridized carbons (Fsp3) is 0.667. The van der Waals surface area contributed by atoms with Crippen molar-refractivity contribution in [1.29, 1.82) is 0 Å². The lowest BCUT2D eigenvalue weighted by Gasteiger charge is -2.28. The number of nitrogens with zero attached hydrogens (tertiary/aromatic N) is 1. The van der Waals surface area contributed by atoms with Crippen LogP contribution in [0.1, 0.15) is 26.7 Å². The second-order valence-corrected chi connectivity index (χ2v) is 5.03. The van der Waals surface area contributed by atoms with Gasteiger partial charge < -0.3 is 21.3 Å². The molecule has 0 amide bonds. The minimum Gasteiger partial charge on any atom is -0.394 e. The fourth-order valence-corrected chi connectivity index (χ4v) is 1.68. The quantitative estimate of drug-likeness (QED) is 0.440. The second kappa shape index (κ2) is 6.58. The Labute approximate surface area is 116 Å². The summed E-state index contributed by atoms with van der Waals surface area (Å²) in [6.07, 6.45) is 1.62. The Morgan fingerprint density at radius 2 is 1.95 bits per heavy atom. The maximum absolute atomic E-state index is 11.8. The summed E-state index contributed by atoms with van der Waals surface area (Å²) in [5.41, 5.74) is 3.49. The Hall–Kier alpha value is -1.80. The van der Waals surface area contributed by atoms with Crippen LogP contribution in [-0.2, 0) is 6.54 Å². The molecule has 1 heterocycles. The number of aromatic nitrogens is 2. The lowest BCUT2D eigenvalue weighted by Crippen LogP contribution is -2.46. The molecule has 8 heteroatoms. The number of nitrogens with two attached hydrogens (primary N) is 1. The van der Waals surface area contributed by atoms with Crippen molar-refractivity contribution in [2.45, 2.75) is 38.8 Å². The van der Waals surface area contributed by atoms with E-state index in [1.807, 2.05) is 6.92 Å². The number of aromatic amines is 1. The van der Waals surface area contributed by atoms with Crippen LogP contribution in [0.5, 0.6) is 0 Å². The second-order valence-electron chi connectivity index (χ2n) is 5.03. The number of nitrogen functional groups attached to an aromatic ring is 1. The summed E-state index contributed by atoms with van der Waals surface area (Å²) >= 11 is 0. The molecule has 0 saturated heterocycles. The Balaban J connectivity index is 3.26. The predicted molar refractivity (Wildman–Crippen MR) is 76.8 cm³/mol. The zero-order valence-electron chi connectivity index (χ0n) is 11.8. The van der Waals surface area contributed by atoms with Gasteiger partial charge in [-0.25, -0.2) is 4.79 Å². The molecule has 1 rings (SSSR count). The van der Waals surface area contributed by atoms with Gasteiger partial charge in [-0.05, 0) is 13.3 Å². The summed E-state index contributed by atoms with van der Waals surface area (Å²) in [6.45, 7) is 3.11. The van der Waals surface area contributed by atoms with Gasteiger partial charge >= 0.3 is 5.69 Å². The molecule has 0 spiro atoms. The first-order valence-electron chi connectivity index (χ1n) is 6.51. The SMILES string of the molecule is CCCCn1c(N)c(NC(C)(CO)CO)c(=O)[nH]c1=O. The average Bonchev–Trinajstić information content (AvgIpc) is 2.43. The molecule has 0 saturated carbocycles. The van der Waals surface area contributed by atoms with E-state index in [0.717, 1.165) is 12.8 Å². The van der Waals surface area contributed by atoms with E-state index in [2.05, 4.69) is 10.3 Å². The molecule has 1 aromatic rings. The van der Waals surface area contributed by atoms with Crippen LogP contribution in [0.25, 0.3) is 0 Å². The molecule has 0 aliphatic carbocycles. The third kappa shape index (κ3) is 3.40. The highest BCUT2D eigenvalue weighted by atomic mass is 16.3. The van der Waals surface area contributed by atoms with E-state index in [1.165, 1.54) is 11.5 Å². The van der Waals surface area contributed by atoms with E-state index in [0.29, 0.717) is 6.54 Å². The van der Waals surface area contributed by atoms with Gasteiger partial charge in [-0.1, -0.05) is 13.3 Å². The number of aliphatic hydroxyl groups is 2. The van der Waals surface area contributed by atoms with Gasteiger partial charge in [0.05, 0.1) is 18.8 Å². The number of rotatable bonds is 7. The van der Waals surface area contributed by atoms with Crippen molar-refractivity contribution in [3.05, 3.63) is 20.8 Å². The molecule has 1 aromatic heterocycles. The van der Waals surface area contributed by atoms with Gasteiger partial charge in [-0.15, -0.1) is 0 Å². The number of unbranched alkanes of at least 4 members (excludes halogenated alkanes) is 1. The molecule has 0 bridgehead atoms. The van der Waals surface area contributed by atoms with Gasteiger partial charge in [-0.2, -0.15) is 0 Å². The van der Waals surface area contributed by atoms with Crippen LogP contribution in [-0.4, -0.2) is 38.5 Å². The van der Waals surface area contributed by atoms with Crippen molar-refractivity contribution in [2.24, 2.45) is 0 Å². The van der Waals surface area contributed by atoms with E-state index in [1.54, 1.807) is 0 Å². The fourth-order valence-electron chi connectivity index (χ4n) is 1.68. The number of hydrogen-bond donors (Lipinski definition) is 5. The maximum atomic E-state index is 11.8. The van der Waals surface area contributed by atoms with Crippen molar-refractivity contribution in [2.75, 3.05) is 24.3 Å². The van der Waals surface area contributed by atoms with Crippen LogP contribution >= 0.6 is 0 Å². The molecule has 8 nitrogen and oxygen atoms in total. The van der Waals surface area contributed by atoms with Gasteiger partial charge in [-0.3, -0.25) is 14.3 Å². The zero-order chi connectivity index (χ0) is 15.3. The van der Waals surface area contributed by atoms with Gasteiger partial charge in [0.2, 0.25) is 0 Å². The van der Waals surface area contributed by atoms with Crippen molar-refractivity contribution in [3.8, 4) is 0 Å². The third-order valence-corrected chi connectivity index (χ3v) is 3.10. The van der Waals surface area contributed by atoms with Crippen LogP contribution in [0.3, 0.4) is 0 Å². The van der Waals surface area contributed by atoms with E-state index in [4.69, 9.17) is 5.73 Å². The Kier molecular flexibility index (Phi) is 5.34. The van der Waals surface area contributed by atoms with Crippen LogP contribution in [0.15, 0.2) is 9.59 Å². The highest BCUT2D eigenvalue weighted by Crippen LogP contribution is 2.16. The Morgan fingerprint density at radius 3 is 2.45 bits per heavy atom. The largest absolute Gasteiger partial charge is 0.394 e. The van der Waals surface area contributed by atoms with Crippen molar-refractivity contribution >= 4 is 11.5 Å². The predicted octanol–water partition coefficient (Wildman–Crippen LogP) is -0.926. The molecule has 0 radical (unpaired) electrons. The van der Waals surface area contributed by atoms with Crippen molar-refractivity contribution in [3.63, 3.8) is 0 Å². The number of H-pyrrole nitrogens is 1. The molecule has 0 atom stereocenters. The van der Waals surface area contributed by atoms with Gasteiger partial charge in [0.15, 0.2) is 0 Å². The first kappa shape index (κ1) is 16.3. The molecular formula is C12H22N4O4. The standard InChI is InChI=1S/C12H22N4O4/c1-3-4-5-16-9(13)8(10(19)14-11(16)20)15-12(2,6-17)7-18/h15,17-18H,3-7,13H2,1-2H3,(H,14,19,20). The minimum absolute atomic E-state index is 0.000301. The first-order valence-corrected chi connectivity index (χ1v) is 6.51. The van der Waals surface area contributed by atoms with Gasteiger partial charge in [0.25, 0.3) is 5.56 Å². The Morgan fingerprint density at radius 1 is 1.35 bits per heavy atom. The molecule has 0 fully saturated rings. The van der Waals surface area contributed by atoms with E-state index in [-0.39, 0.29) is 11.5 Å². The van der Waals surface area contributed by atoms with Gasteiger partial charge in [0.1, 0.15) is 11.5 Å². The average molecular weight is 286 g/mol. The van der Waals surface area contributed by atoms with E-state index >= 15 is 0 Å². The number of hydrogen-bond acceptors (Lipinski definition) is 6. The monoisotopic (exact) mass is 286 g/mol. The first-order chi connectivity index (χ1) is 9.38. The normalized spacial score (nSPS) is 11.6. The summed E-state index contributed by atoms with van der Waals surface area (Å²) in [5.74, 6) is 0.000301. The molecule has 0 unspecified atom stereocenters. The van der Waals surface area contributed by atoms with Crippen LogP contribution in [0.4, 0.5) is 11.5 Å². The summed E-state index contributed by atoms with van der Waals surface area (Å²) in [7, 11) is 0. The molecule has 0 aromatic carbocycles. The van der Waals surface area contributed by atoms with Crippen LogP contribution in [0.2, 0.25) is 0 Å². The summed E-state index contributed by atoms with van der Waals surface area (Å²) < 4.78 is 1.27. The zero-order valence-corrected chi connectivity index (χ0v) is 11.8. The van der Waals surface area contributed by atoms with Crippen molar-refractivity contribution in [1.82, 2.24) is 9.55 Å². The number of nitrogens with one attached hydrogen (secondary N) is 2. The van der Waals surface area contributed by atoms with E-state index in [9.17, 15) is 19.8 Å². The molecule has 6 N–H and O–H groups in total. The minimum atomic E-state index is -1.10. The molecule has 0 aliphatic rings. The lowest BCUT2D eigenvalue weighted by atomic mass is 10.1. The number of aliphatic hydroxyl groups excluding tert-OH is 2. The highest BCUT2D eigenvalue weighted by Gasteiger charge is 2.25. The van der Waals surface area contributed by atoms with Crippen molar-refractivity contribution < 1.29 is 10.2 Å². The highest BCUT2D eigenvalue weighted by molar-refractivity contribution is 5.61. The smallest absolute Gasteiger partial charge is 0.330 e.